The number of hydrogen-bond donors (Lipinski definition) is 0. The molecule has 0 amide bonds. The van der Waals surface area contributed by atoms with E-state index >= 15 is 0 Å². The Morgan fingerprint density at radius 2 is 2.29 bits per heavy atom. The van der Waals surface area contributed by atoms with E-state index in [1.165, 1.54) is 14.2 Å². The van der Waals surface area contributed by atoms with Crippen molar-refractivity contribution in [3.8, 4) is 0 Å². The fourth-order valence-electron chi connectivity index (χ4n) is 1.46. The maximum atomic E-state index is 11.4. The molecule has 2 unspecified atom stereocenters. The van der Waals surface area contributed by atoms with Crippen LogP contribution in [-0.2, 0) is 23.8 Å². The number of esters is 1. The minimum Gasteiger partial charge on any atom is -0.467 e. The summed E-state index contributed by atoms with van der Waals surface area (Å²) < 4.78 is 14.6. The fraction of sp³-hybridized carbons (Fsp3) is 0.778. The van der Waals surface area contributed by atoms with E-state index in [2.05, 4.69) is 4.74 Å². The molecule has 0 aromatic carbocycles. The van der Waals surface area contributed by atoms with Gasteiger partial charge in [-0.25, -0.2) is 4.79 Å². The molecule has 0 N–H and O–H groups in total. The molecule has 0 radical (unpaired) electrons. The molecule has 0 spiro atoms. The minimum absolute atomic E-state index is 0.00602. The van der Waals surface area contributed by atoms with Gasteiger partial charge in [-0.3, -0.25) is 4.79 Å². The van der Waals surface area contributed by atoms with Crippen molar-refractivity contribution in [3.05, 3.63) is 0 Å². The van der Waals surface area contributed by atoms with Gasteiger partial charge in [-0.05, 0) is 0 Å². The smallest absolute Gasteiger partial charge is 0.335 e. The third-order valence-electron chi connectivity index (χ3n) is 2.26. The quantitative estimate of drug-likeness (QED) is 0.592. The Labute approximate surface area is 82.3 Å². The number of carbonyl (C=O) groups excluding carboxylic acids is 2. The summed E-state index contributed by atoms with van der Waals surface area (Å²) in [6.07, 6.45) is -0.505. The lowest BCUT2D eigenvalue weighted by molar-refractivity contribution is -0.163. The Morgan fingerprint density at radius 1 is 1.57 bits per heavy atom. The molecule has 0 bridgehead atoms. The molecule has 1 fully saturated rings. The van der Waals surface area contributed by atoms with Crippen molar-refractivity contribution in [1.82, 2.24) is 0 Å². The maximum absolute atomic E-state index is 11.4. The molecular formula is C9H14O5. The Bertz CT molecular complexity index is 217. The van der Waals surface area contributed by atoms with Gasteiger partial charge in [0.1, 0.15) is 5.78 Å². The summed E-state index contributed by atoms with van der Waals surface area (Å²) in [7, 11) is 2.64. The van der Waals surface area contributed by atoms with Gasteiger partial charge in [-0.2, -0.15) is 0 Å². The summed E-state index contributed by atoms with van der Waals surface area (Å²) in [6, 6.07) is 0. The maximum Gasteiger partial charge on any atom is 0.335 e. The largest absolute Gasteiger partial charge is 0.467 e. The summed E-state index contributed by atoms with van der Waals surface area (Å²) in [4.78, 5) is 22.7. The average molecular weight is 202 g/mol. The average Bonchev–Trinajstić information content (AvgIpc) is 2.21. The molecule has 14 heavy (non-hydrogen) atoms. The molecule has 5 heteroatoms. The summed E-state index contributed by atoms with van der Waals surface area (Å²) in [5.74, 6) is -1.06. The van der Waals surface area contributed by atoms with Crippen LogP contribution in [0.25, 0.3) is 0 Å². The van der Waals surface area contributed by atoms with Gasteiger partial charge in [-0.1, -0.05) is 0 Å². The van der Waals surface area contributed by atoms with E-state index in [-0.39, 0.29) is 12.4 Å². The van der Waals surface area contributed by atoms with Crippen molar-refractivity contribution in [2.24, 2.45) is 5.92 Å². The molecule has 1 aliphatic rings. The summed E-state index contributed by atoms with van der Waals surface area (Å²) in [5, 5.41) is 0. The van der Waals surface area contributed by atoms with Gasteiger partial charge in [-0.15, -0.1) is 0 Å². The second-order valence-electron chi connectivity index (χ2n) is 3.08. The summed E-state index contributed by atoms with van der Waals surface area (Å²) >= 11 is 0. The van der Waals surface area contributed by atoms with E-state index in [0.29, 0.717) is 13.0 Å². The normalized spacial score (nSPS) is 24.4. The molecule has 0 aromatic rings. The van der Waals surface area contributed by atoms with E-state index in [1.54, 1.807) is 0 Å². The van der Waals surface area contributed by atoms with Crippen molar-refractivity contribution in [1.29, 1.82) is 0 Å². The standard InChI is InChI=1S/C9H14O5/c1-12-8(9(11)13-2)6-5-14-4-3-7(6)10/h6,8H,3-5H2,1-2H3. The zero-order valence-corrected chi connectivity index (χ0v) is 8.32. The van der Waals surface area contributed by atoms with E-state index < -0.39 is 18.0 Å². The molecule has 0 aliphatic carbocycles. The number of ether oxygens (including phenoxy) is 3. The van der Waals surface area contributed by atoms with Crippen molar-refractivity contribution >= 4 is 11.8 Å². The third-order valence-corrected chi connectivity index (χ3v) is 2.26. The second-order valence-corrected chi connectivity index (χ2v) is 3.08. The van der Waals surface area contributed by atoms with Crippen LogP contribution in [0.2, 0.25) is 0 Å². The van der Waals surface area contributed by atoms with Crippen LogP contribution in [0.15, 0.2) is 0 Å². The van der Waals surface area contributed by atoms with Crippen LogP contribution in [0.5, 0.6) is 0 Å². The highest BCUT2D eigenvalue weighted by molar-refractivity contribution is 5.88. The van der Waals surface area contributed by atoms with Gasteiger partial charge < -0.3 is 14.2 Å². The van der Waals surface area contributed by atoms with Crippen LogP contribution in [0.3, 0.4) is 0 Å². The number of ketones is 1. The predicted octanol–water partition coefficient (Wildman–Crippen LogP) is -0.220. The van der Waals surface area contributed by atoms with E-state index in [0.717, 1.165) is 0 Å². The van der Waals surface area contributed by atoms with Crippen molar-refractivity contribution in [2.75, 3.05) is 27.4 Å². The number of carbonyl (C=O) groups is 2. The van der Waals surface area contributed by atoms with Crippen LogP contribution in [-0.4, -0.2) is 45.3 Å². The Kier molecular flexibility index (Phi) is 4.03. The highest BCUT2D eigenvalue weighted by atomic mass is 16.6. The van der Waals surface area contributed by atoms with E-state index in [4.69, 9.17) is 9.47 Å². The van der Waals surface area contributed by atoms with Gasteiger partial charge in [0, 0.05) is 13.5 Å². The SMILES string of the molecule is COC(=O)C(OC)C1COCCC1=O. The van der Waals surface area contributed by atoms with Gasteiger partial charge in [0.25, 0.3) is 0 Å². The van der Waals surface area contributed by atoms with Gasteiger partial charge in [0.15, 0.2) is 6.10 Å². The zero-order valence-electron chi connectivity index (χ0n) is 8.32. The van der Waals surface area contributed by atoms with Crippen LogP contribution in [0.4, 0.5) is 0 Å². The minimum atomic E-state index is -0.840. The predicted molar refractivity (Wildman–Crippen MR) is 46.7 cm³/mol. The molecule has 1 aliphatic heterocycles. The first kappa shape index (κ1) is 11.1. The van der Waals surface area contributed by atoms with Crippen molar-refractivity contribution in [2.45, 2.75) is 12.5 Å². The van der Waals surface area contributed by atoms with Gasteiger partial charge >= 0.3 is 5.97 Å². The Balaban J connectivity index is 2.66. The summed E-state index contributed by atoms with van der Waals surface area (Å²) in [5.41, 5.74) is 0. The van der Waals surface area contributed by atoms with E-state index in [9.17, 15) is 9.59 Å². The van der Waals surface area contributed by atoms with Gasteiger partial charge in [0.05, 0.1) is 26.2 Å². The highest BCUT2D eigenvalue weighted by Crippen LogP contribution is 2.17. The molecule has 0 aromatic heterocycles. The highest BCUT2D eigenvalue weighted by Gasteiger charge is 2.36. The lowest BCUT2D eigenvalue weighted by Crippen LogP contribution is -2.42. The molecule has 1 rings (SSSR count). The fourth-order valence-corrected chi connectivity index (χ4v) is 1.46. The third kappa shape index (κ3) is 2.30. The number of Topliss-reactive ketones (excluding diaryl/α,β-unsaturated/α-hetero) is 1. The first-order valence-corrected chi connectivity index (χ1v) is 4.41. The summed E-state index contributed by atoms with van der Waals surface area (Å²) in [6.45, 7) is 0.652. The molecule has 0 saturated carbocycles. The second kappa shape index (κ2) is 5.07. The van der Waals surface area contributed by atoms with Crippen LogP contribution in [0, 0.1) is 5.92 Å². The van der Waals surface area contributed by atoms with Crippen LogP contribution < -0.4 is 0 Å². The first-order chi connectivity index (χ1) is 6.70. The van der Waals surface area contributed by atoms with Crippen LogP contribution >= 0.6 is 0 Å². The zero-order chi connectivity index (χ0) is 10.6. The lowest BCUT2D eigenvalue weighted by atomic mass is 9.94. The van der Waals surface area contributed by atoms with Crippen LogP contribution in [0.1, 0.15) is 6.42 Å². The first-order valence-electron chi connectivity index (χ1n) is 4.41. The molecule has 2 atom stereocenters. The lowest BCUT2D eigenvalue weighted by Gasteiger charge is -2.26. The van der Waals surface area contributed by atoms with Crippen molar-refractivity contribution < 1.29 is 23.8 Å². The molecule has 5 nitrogen and oxygen atoms in total. The number of hydrogen-bond acceptors (Lipinski definition) is 5. The molecule has 1 saturated heterocycles. The molecular weight excluding hydrogens is 188 g/mol. The Morgan fingerprint density at radius 3 is 2.79 bits per heavy atom. The number of rotatable bonds is 3. The number of methoxy groups -OCH3 is 2. The van der Waals surface area contributed by atoms with Crippen molar-refractivity contribution in [3.63, 3.8) is 0 Å². The molecule has 1 heterocycles. The van der Waals surface area contributed by atoms with Gasteiger partial charge in [0.2, 0.25) is 0 Å². The molecule has 80 valence electrons. The Hall–Kier alpha value is -0.940. The monoisotopic (exact) mass is 202 g/mol. The van der Waals surface area contributed by atoms with E-state index in [1.807, 2.05) is 0 Å². The topological polar surface area (TPSA) is 61.8 Å².